The highest BCUT2D eigenvalue weighted by molar-refractivity contribution is 6.32. The maximum absolute atomic E-state index is 9.07. The third-order valence-electron chi connectivity index (χ3n) is 3.75. The van der Waals surface area contributed by atoms with Gasteiger partial charge in [0.1, 0.15) is 0 Å². The zero-order chi connectivity index (χ0) is 15.6. The molecule has 0 aliphatic carbocycles. The van der Waals surface area contributed by atoms with Crippen LogP contribution in [0.1, 0.15) is 30.4 Å². The average Bonchev–Trinajstić information content (AvgIpc) is 2.54. The Bertz CT molecular complexity index is 516. The Morgan fingerprint density at radius 3 is 1.86 bits per heavy atom. The Morgan fingerprint density at radius 2 is 1.32 bits per heavy atom. The monoisotopic (exact) mass is 298 g/mol. The number of hydrogen-bond acceptors (Lipinski definition) is 3. The van der Waals surface area contributed by atoms with Crippen LogP contribution in [0.4, 0.5) is 0 Å². The van der Waals surface area contributed by atoms with Gasteiger partial charge in [0.05, 0.1) is 0 Å². The van der Waals surface area contributed by atoms with Gasteiger partial charge in [-0.25, -0.2) is 0 Å². The molecule has 22 heavy (non-hydrogen) atoms. The Morgan fingerprint density at radius 1 is 0.773 bits per heavy atom. The second-order valence-electron chi connectivity index (χ2n) is 5.49. The molecule has 0 saturated heterocycles. The lowest BCUT2D eigenvalue weighted by atomic mass is 10.00. The summed E-state index contributed by atoms with van der Waals surface area (Å²) in [4.78, 5) is 0. The highest BCUT2D eigenvalue weighted by atomic mass is 16.6. The largest absolute Gasteiger partial charge is 0.634 e. The molecule has 2 N–H and O–H groups in total. The van der Waals surface area contributed by atoms with Crippen LogP contribution >= 0.6 is 0 Å². The van der Waals surface area contributed by atoms with Crippen molar-refractivity contribution in [3.05, 3.63) is 71.8 Å². The van der Waals surface area contributed by atoms with Crippen molar-refractivity contribution in [2.45, 2.75) is 38.2 Å². The molecule has 2 aromatic rings. The van der Waals surface area contributed by atoms with E-state index in [1.807, 2.05) is 36.4 Å². The van der Waals surface area contributed by atoms with Crippen molar-refractivity contribution in [3.63, 3.8) is 0 Å². The van der Waals surface area contributed by atoms with Gasteiger partial charge in [0, 0.05) is 6.10 Å². The smallest absolute Gasteiger partial charge is 0.402 e. The van der Waals surface area contributed by atoms with Crippen molar-refractivity contribution in [1.82, 2.24) is 0 Å². The molecule has 2 rings (SSSR count). The average molecular weight is 298 g/mol. The Hall–Kier alpha value is -1.62. The van der Waals surface area contributed by atoms with Gasteiger partial charge in [-0.3, -0.25) is 0 Å². The molecule has 0 radical (unpaired) electrons. The summed E-state index contributed by atoms with van der Waals surface area (Å²) < 4.78 is 5.22. The van der Waals surface area contributed by atoms with E-state index in [1.54, 1.807) is 0 Å². The molecule has 0 fully saturated rings. The first-order chi connectivity index (χ1) is 10.7. The van der Waals surface area contributed by atoms with Crippen LogP contribution in [0.25, 0.3) is 0 Å². The molecule has 0 aliphatic rings. The van der Waals surface area contributed by atoms with Crippen LogP contribution in [0.15, 0.2) is 60.7 Å². The lowest BCUT2D eigenvalue weighted by Gasteiger charge is -2.18. The number of aryl methyl sites for hydroxylation is 2. The summed E-state index contributed by atoms with van der Waals surface area (Å²) in [5.74, 6) is 0. The molecule has 0 aromatic heterocycles. The van der Waals surface area contributed by atoms with Gasteiger partial charge in [-0.05, 0) is 43.2 Å². The Kier molecular flexibility index (Phi) is 7.17. The molecule has 1 atom stereocenters. The third-order valence-corrected chi connectivity index (χ3v) is 3.75. The van der Waals surface area contributed by atoms with Gasteiger partial charge in [-0.1, -0.05) is 60.7 Å². The maximum atomic E-state index is 9.07. The Balaban J connectivity index is 1.78. The minimum absolute atomic E-state index is 0.135. The molecule has 3 nitrogen and oxygen atoms in total. The lowest BCUT2D eigenvalue weighted by Crippen LogP contribution is -2.26. The summed E-state index contributed by atoms with van der Waals surface area (Å²) in [6.07, 6.45) is 4.30. The normalized spacial score (nSPS) is 12.1. The van der Waals surface area contributed by atoms with Crippen molar-refractivity contribution >= 4 is 7.32 Å². The van der Waals surface area contributed by atoms with E-state index in [1.165, 1.54) is 11.1 Å². The standard InChI is InChI=1S/C18H23BO3/c20-19(21)22-18(15-14-17-10-5-2-6-11-17)13-7-12-16-8-3-1-4-9-16/h1-6,8-11,18,20-21H,7,12-15H2. The van der Waals surface area contributed by atoms with Crippen molar-refractivity contribution in [2.24, 2.45) is 0 Å². The number of benzene rings is 2. The quantitative estimate of drug-likeness (QED) is 0.700. The molecule has 2 aromatic carbocycles. The fourth-order valence-corrected chi connectivity index (χ4v) is 2.60. The van der Waals surface area contributed by atoms with Crippen molar-refractivity contribution in [1.29, 1.82) is 0 Å². The van der Waals surface area contributed by atoms with Crippen molar-refractivity contribution < 1.29 is 14.7 Å². The van der Waals surface area contributed by atoms with E-state index in [0.717, 1.165) is 32.1 Å². The SMILES string of the molecule is OB(O)OC(CCCc1ccccc1)CCc1ccccc1. The van der Waals surface area contributed by atoms with Crippen LogP contribution in [0.2, 0.25) is 0 Å². The topological polar surface area (TPSA) is 49.7 Å². The van der Waals surface area contributed by atoms with Crippen LogP contribution in [0, 0.1) is 0 Å². The zero-order valence-corrected chi connectivity index (χ0v) is 12.8. The molecule has 0 aliphatic heterocycles. The summed E-state index contributed by atoms with van der Waals surface area (Å²) >= 11 is 0. The van der Waals surface area contributed by atoms with Crippen LogP contribution < -0.4 is 0 Å². The lowest BCUT2D eigenvalue weighted by molar-refractivity contribution is 0.104. The van der Waals surface area contributed by atoms with E-state index in [4.69, 9.17) is 14.7 Å². The maximum Gasteiger partial charge on any atom is 0.634 e. The minimum atomic E-state index is -1.70. The van der Waals surface area contributed by atoms with Crippen LogP contribution in [-0.4, -0.2) is 23.5 Å². The van der Waals surface area contributed by atoms with Crippen molar-refractivity contribution in [3.8, 4) is 0 Å². The van der Waals surface area contributed by atoms with Gasteiger partial charge in [0.15, 0.2) is 0 Å². The van der Waals surface area contributed by atoms with Gasteiger partial charge >= 0.3 is 7.32 Å². The number of hydrogen-bond donors (Lipinski definition) is 2. The third kappa shape index (κ3) is 6.44. The van der Waals surface area contributed by atoms with Gasteiger partial charge in [0.25, 0.3) is 0 Å². The summed E-state index contributed by atoms with van der Waals surface area (Å²) in [6.45, 7) is 0. The molecular weight excluding hydrogens is 275 g/mol. The highest BCUT2D eigenvalue weighted by Gasteiger charge is 2.17. The van der Waals surface area contributed by atoms with Crippen LogP contribution in [0.3, 0.4) is 0 Å². The molecule has 1 unspecified atom stereocenters. The predicted molar refractivity (Wildman–Crippen MR) is 89.2 cm³/mol. The molecule has 4 heteroatoms. The first kappa shape index (κ1) is 16.8. The summed E-state index contributed by atoms with van der Waals surface area (Å²) in [5, 5.41) is 18.1. The predicted octanol–water partition coefficient (Wildman–Crippen LogP) is 3.00. The van der Waals surface area contributed by atoms with E-state index in [9.17, 15) is 0 Å². The van der Waals surface area contributed by atoms with Crippen LogP contribution in [-0.2, 0) is 17.5 Å². The Labute approximate surface area is 132 Å². The zero-order valence-electron chi connectivity index (χ0n) is 12.8. The fraction of sp³-hybridized carbons (Fsp3) is 0.333. The second kappa shape index (κ2) is 9.41. The summed E-state index contributed by atoms with van der Waals surface area (Å²) in [5.41, 5.74) is 2.54. The molecule has 116 valence electrons. The van der Waals surface area contributed by atoms with Crippen molar-refractivity contribution in [2.75, 3.05) is 0 Å². The van der Waals surface area contributed by atoms with E-state index < -0.39 is 7.32 Å². The molecule has 0 spiro atoms. The van der Waals surface area contributed by atoms with E-state index >= 15 is 0 Å². The van der Waals surface area contributed by atoms with E-state index in [-0.39, 0.29) is 6.10 Å². The summed E-state index contributed by atoms with van der Waals surface area (Å²) in [6, 6.07) is 20.5. The van der Waals surface area contributed by atoms with Gasteiger partial charge < -0.3 is 14.7 Å². The van der Waals surface area contributed by atoms with Gasteiger partial charge in [-0.15, -0.1) is 0 Å². The fourth-order valence-electron chi connectivity index (χ4n) is 2.60. The number of rotatable bonds is 9. The minimum Gasteiger partial charge on any atom is -0.402 e. The van der Waals surface area contributed by atoms with Crippen LogP contribution in [0.5, 0.6) is 0 Å². The van der Waals surface area contributed by atoms with Gasteiger partial charge in [0.2, 0.25) is 0 Å². The second-order valence-corrected chi connectivity index (χ2v) is 5.49. The first-order valence-electron chi connectivity index (χ1n) is 7.83. The molecule has 0 saturated carbocycles. The summed E-state index contributed by atoms with van der Waals surface area (Å²) in [7, 11) is -1.70. The molecule has 0 amide bonds. The van der Waals surface area contributed by atoms with Gasteiger partial charge in [-0.2, -0.15) is 0 Å². The highest BCUT2D eigenvalue weighted by Crippen LogP contribution is 2.14. The van der Waals surface area contributed by atoms with E-state index in [2.05, 4.69) is 24.3 Å². The molecule has 0 heterocycles. The van der Waals surface area contributed by atoms with E-state index in [0.29, 0.717) is 0 Å². The molecule has 0 bridgehead atoms. The molecular formula is C18H23BO3. The first-order valence-corrected chi connectivity index (χ1v) is 7.83.